The molecule has 0 atom stereocenters. The van der Waals surface area contributed by atoms with Gasteiger partial charge in [-0.2, -0.15) is 0 Å². The molecule has 0 bridgehead atoms. The first-order valence-corrected chi connectivity index (χ1v) is 10.5. The third-order valence-electron chi connectivity index (χ3n) is 5.16. The van der Waals surface area contributed by atoms with Gasteiger partial charge in [0.15, 0.2) is 5.82 Å². The molecule has 0 saturated carbocycles. The van der Waals surface area contributed by atoms with Crippen LogP contribution in [0.15, 0.2) is 35.1 Å². The summed E-state index contributed by atoms with van der Waals surface area (Å²) in [5.41, 5.74) is 10.0. The van der Waals surface area contributed by atoms with Crippen LogP contribution in [0, 0.1) is 5.41 Å². The Balaban J connectivity index is 1.82. The lowest BCUT2D eigenvalue weighted by Gasteiger charge is -2.17. The van der Waals surface area contributed by atoms with Crippen LogP contribution in [0.5, 0.6) is 0 Å². The van der Waals surface area contributed by atoms with E-state index in [-0.39, 0.29) is 5.69 Å². The van der Waals surface area contributed by atoms with Gasteiger partial charge in [-0.05, 0) is 35.8 Å². The normalized spacial score (nSPS) is 11.9. The van der Waals surface area contributed by atoms with Gasteiger partial charge in [-0.15, -0.1) is 0 Å². The van der Waals surface area contributed by atoms with Gasteiger partial charge in [-0.25, -0.2) is 9.78 Å². The predicted octanol–water partition coefficient (Wildman–Crippen LogP) is 4.55. The number of nitrogens with one attached hydrogen (secondary N) is 2. The van der Waals surface area contributed by atoms with Crippen LogP contribution in [0.4, 0.5) is 11.6 Å². The topological polar surface area (TPSA) is 88.7 Å². The number of anilines is 2. The van der Waals surface area contributed by atoms with Crippen molar-refractivity contribution >= 4 is 22.7 Å². The molecule has 0 aliphatic heterocycles. The first kappa shape index (κ1) is 21.0. The van der Waals surface area contributed by atoms with E-state index in [4.69, 9.17) is 5.73 Å². The number of unbranched alkanes of at least 4 members (excludes halogenated alkanes) is 1. The van der Waals surface area contributed by atoms with Gasteiger partial charge < -0.3 is 16.0 Å². The Labute approximate surface area is 172 Å². The smallest absolute Gasteiger partial charge is 0.326 e. The van der Waals surface area contributed by atoms with Crippen molar-refractivity contribution in [2.45, 2.75) is 59.9 Å². The van der Waals surface area contributed by atoms with Crippen LogP contribution < -0.4 is 16.7 Å². The first-order valence-electron chi connectivity index (χ1n) is 10.5. The van der Waals surface area contributed by atoms with E-state index in [1.54, 1.807) is 4.57 Å². The Morgan fingerprint density at radius 1 is 1.17 bits per heavy atom. The minimum Gasteiger partial charge on any atom is -0.382 e. The lowest BCUT2D eigenvalue weighted by molar-refractivity contribution is 0.378. The van der Waals surface area contributed by atoms with Crippen molar-refractivity contribution in [3.05, 3.63) is 51.9 Å². The third kappa shape index (κ3) is 5.40. The zero-order valence-electron chi connectivity index (χ0n) is 18.0. The van der Waals surface area contributed by atoms with E-state index in [1.807, 2.05) is 6.07 Å². The lowest BCUT2D eigenvalue weighted by atomic mass is 9.88. The second-order valence-electron chi connectivity index (χ2n) is 8.96. The number of hydrogen-bond donors (Lipinski definition) is 3. The quantitative estimate of drug-likeness (QED) is 0.488. The van der Waals surface area contributed by atoms with Crippen LogP contribution >= 0.6 is 0 Å². The molecule has 0 aliphatic rings. The summed E-state index contributed by atoms with van der Waals surface area (Å²) in [5.74, 6) is 1.05. The average molecular weight is 396 g/mol. The third-order valence-corrected chi connectivity index (χ3v) is 5.16. The van der Waals surface area contributed by atoms with E-state index in [0.717, 1.165) is 43.3 Å². The molecule has 0 spiro atoms. The number of pyridine rings is 1. The molecule has 3 aromatic rings. The van der Waals surface area contributed by atoms with Crippen molar-refractivity contribution in [3.8, 4) is 0 Å². The van der Waals surface area contributed by atoms with Crippen molar-refractivity contribution in [1.29, 1.82) is 0 Å². The van der Waals surface area contributed by atoms with Gasteiger partial charge in [0.2, 0.25) is 0 Å². The molecule has 2 aromatic heterocycles. The highest BCUT2D eigenvalue weighted by Crippen LogP contribution is 2.23. The molecule has 3 rings (SSSR count). The van der Waals surface area contributed by atoms with E-state index in [1.165, 1.54) is 5.56 Å². The molecule has 0 unspecified atom stereocenters. The first-order chi connectivity index (χ1) is 13.8. The van der Waals surface area contributed by atoms with Crippen LogP contribution in [-0.4, -0.2) is 21.1 Å². The zero-order valence-corrected chi connectivity index (χ0v) is 18.0. The number of aromatic amines is 1. The fourth-order valence-corrected chi connectivity index (χ4v) is 3.33. The number of aryl methyl sites for hydroxylation is 1. The second-order valence-corrected chi connectivity index (χ2v) is 8.96. The highest BCUT2D eigenvalue weighted by Gasteiger charge is 2.13. The van der Waals surface area contributed by atoms with Gasteiger partial charge in [-0.1, -0.05) is 58.4 Å². The molecule has 0 saturated heterocycles. The minimum absolute atomic E-state index is 0.170. The van der Waals surface area contributed by atoms with Crippen LogP contribution in [0.3, 0.4) is 0 Å². The van der Waals surface area contributed by atoms with Crippen molar-refractivity contribution in [1.82, 2.24) is 14.5 Å². The van der Waals surface area contributed by atoms with Crippen LogP contribution in [0.2, 0.25) is 0 Å². The summed E-state index contributed by atoms with van der Waals surface area (Å²) in [6, 6.07) is 10.4. The largest absolute Gasteiger partial charge is 0.382 e. The van der Waals surface area contributed by atoms with Crippen molar-refractivity contribution in [2.75, 3.05) is 17.6 Å². The molecule has 0 radical (unpaired) electrons. The van der Waals surface area contributed by atoms with Crippen molar-refractivity contribution in [3.63, 3.8) is 0 Å². The Bertz CT molecular complexity index is 1010. The molecule has 6 nitrogen and oxygen atoms in total. The predicted molar refractivity (Wildman–Crippen MR) is 121 cm³/mol. The molecular weight excluding hydrogens is 362 g/mol. The molecule has 4 N–H and O–H groups in total. The number of nitrogen functional groups attached to an aromatic ring is 1. The average Bonchev–Trinajstić information content (AvgIpc) is 2.97. The van der Waals surface area contributed by atoms with E-state index >= 15 is 0 Å². The molecular formula is C23H33N5O. The van der Waals surface area contributed by atoms with E-state index in [2.05, 4.69) is 67.2 Å². The van der Waals surface area contributed by atoms with Crippen LogP contribution in [0.25, 0.3) is 11.0 Å². The van der Waals surface area contributed by atoms with Crippen molar-refractivity contribution in [2.24, 2.45) is 5.41 Å². The SMILES string of the molecule is CCCCNc1cc2c([nH]c(=O)n2Cc2ccc(CCC(C)(C)C)cc2)c(N)n1. The van der Waals surface area contributed by atoms with Crippen molar-refractivity contribution < 1.29 is 0 Å². The molecule has 0 amide bonds. The number of fused-ring (bicyclic) bond motifs is 1. The number of benzene rings is 1. The van der Waals surface area contributed by atoms with E-state index in [9.17, 15) is 4.79 Å². The number of nitrogens with zero attached hydrogens (tertiary/aromatic N) is 2. The summed E-state index contributed by atoms with van der Waals surface area (Å²) < 4.78 is 1.72. The molecule has 2 heterocycles. The number of aromatic nitrogens is 3. The molecule has 156 valence electrons. The van der Waals surface area contributed by atoms with Crippen LogP contribution in [0.1, 0.15) is 58.1 Å². The maximum absolute atomic E-state index is 12.6. The fraction of sp³-hybridized carbons (Fsp3) is 0.478. The minimum atomic E-state index is -0.170. The number of rotatable bonds is 8. The Kier molecular flexibility index (Phi) is 6.30. The maximum atomic E-state index is 12.6. The number of H-pyrrole nitrogens is 1. The van der Waals surface area contributed by atoms with Crippen LogP contribution in [-0.2, 0) is 13.0 Å². The van der Waals surface area contributed by atoms with Gasteiger partial charge in [0.1, 0.15) is 11.3 Å². The summed E-state index contributed by atoms with van der Waals surface area (Å²) in [5, 5.41) is 3.29. The second kappa shape index (κ2) is 8.72. The summed E-state index contributed by atoms with van der Waals surface area (Å²) in [6.45, 7) is 10.3. The summed E-state index contributed by atoms with van der Waals surface area (Å²) in [6.07, 6.45) is 4.37. The zero-order chi connectivity index (χ0) is 21.0. The molecule has 0 aliphatic carbocycles. The number of nitrogens with two attached hydrogens (primary N) is 1. The summed E-state index contributed by atoms with van der Waals surface area (Å²) >= 11 is 0. The molecule has 0 fully saturated rings. The maximum Gasteiger partial charge on any atom is 0.326 e. The summed E-state index contributed by atoms with van der Waals surface area (Å²) in [7, 11) is 0. The monoisotopic (exact) mass is 395 g/mol. The Morgan fingerprint density at radius 2 is 1.86 bits per heavy atom. The van der Waals surface area contributed by atoms with Gasteiger partial charge in [0.05, 0.1) is 12.1 Å². The van der Waals surface area contributed by atoms with Gasteiger partial charge >= 0.3 is 5.69 Å². The standard InChI is InChI=1S/C23H33N5O/c1-5-6-13-25-19-14-18-20(21(24)26-19)27-22(29)28(18)15-17-9-7-16(8-10-17)11-12-23(2,3)4/h7-10,14H,5-6,11-13,15H2,1-4H3,(H,27,29)(H3,24,25,26). The Hall–Kier alpha value is -2.76. The van der Waals surface area contributed by atoms with Gasteiger partial charge in [0.25, 0.3) is 0 Å². The number of imidazole rings is 1. The molecule has 29 heavy (non-hydrogen) atoms. The van der Waals surface area contributed by atoms with Gasteiger partial charge in [-0.3, -0.25) is 4.57 Å². The Morgan fingerprint density at radius 3 is 2.52 bits per heavy atom. The van der Waals surface area contributed by atoms with E-state index in [0.29, 0.717) is 29.1 Å². The molecule has 6 heteroatoms. The fourth-order valence-electron chi connectivity index (χ4n) is 3.33. The van der Waals surface area contributed by atoms with Gasteiger partial charge in [0, 0.05) is 12.6 Å². The highest BCUT2D eigenvalue weighted by molar-refractivity contribution is 5.87. The lowest BCUT2D eigenvalue weighted by Crippen LogP contribution is -2.17. The molecule has 1 aromatic carbocycles. The number of hydrogen-bond acceptors (Lipinski definition) is 4. The highest BCUT2D eigenvalue weighted by atomic mass is 16.1. The van der Waals surface area contributed by atoms with E-state index < -0.39 is 0 Å². The summed E-state index contributed by atoms with van der Waals surface area (Å²) in [4.78, 5) is 19.8.